The number of halogens is 1. The van der Waals surface area contributed by atoms with Gasteiger partial charge in [-0.3, -0.25) is 4.79 Å². The summed E-state index contributed by atoms with van der Waals surface area (Å²) in [6.45, 7) is -0.406. The molecule has 3 aromatic rings. The molecule has 1 aromatic heterocycles. The number of amides is 1. The first-order chi connectivity index (χ1) is 13.0. The van der Waals surface area contributed by atoms with Gasteiger partial charge in [-0.05, 0) is 48.5 Å². The van der Waals surface area contributed by atoms with E-state index in [1.807, 2.05) is 24.3 Å². The molecule has 0 fully saturated rings. The minimum absolute atomic E-state index is 0.158. The van der Waals surface area contributed by atoms with E-state index < -0.39 is 18.5 Å². The summed E-state index contributed by atoms with van der Waals surface area (Å²) in [4.78, 5) is 28.2. The van der Waals surface area contributed by atoms with Gasteiger partial charge in [-0.15, -0.1) is 11.3 Å². The summed E-state index contributed by atoms with van der Waals surface area (Å²) in [5.74, 6) is -0.366. The van der Waals surface area contributed by atoms with Crippen LogP contribution in [0.2, 0.25) is 5.02 Å². The Hall–Kier alpha value is -2.90. The molecular formula is C19H15ClN2O4S. The maximum Gasteiger partial charge on any atom is 0.358 e. The van der Waals surface area contributed by atoms with E-state index in [1.54, 1.807) is 36.8 Å². The first kappa shape index (κ1) is 18.9. The van der Waals surface area contributed by atoms with Crippen LogP contribution in [0.25, 0.3) is 10.6 Å². The normalized spacial score (nSPS) is 10.3. The summed E-state index contributed by atoms with van der Waals surface area (Å²) in [5, 5.41) is 5.45. The van der Waals surface area contributed by atoms with Gasteiger partial charge in [-0.2, -0.15) is 0 Å². The summed E-state index contributed by atoms with van der Waals surface area (Å²) in [6.07, 6.45) is 0. The van der Waals surface area contributed by atoms with Crippen LogP contribution in [0.5, 0.6) is 5.75 Å². The number of nitrogens with one attached hydrogen (secondary N) is 1. The molecule has 3 rings (SSSR count). The number of esters is 1. The SMILES string of the molecule is COc1ccc(-c2nc(C(=O)OCC(=O)Nc3ccc(Cl)cc3)cs2)cc1. The zero-order valence-electron chi connectivity index (χ0n) is 14.3. The van der Waals surface area contributed by atoms with Gasteiger partial charge < -0.3 is 14.8 Å². The van der Waals surface area contributed by atoms with Gasteiger partial charge in [-0.1, -0.05) is 11.6 Å². The van der Waals surface area contributed by atoms with E-state index >= 15 is 0 Å². The summed E-state index contributed by atoms with van der Waals surface area (Å²) in [6, 6.07) is 14.0. The molecule has 0 radical (unpaired) electrons. The van der Waals surface area contributed by atoms with Crippen molar-refractivity contribution < 1.29 is 19.1 Å². The van der Waals surface area contributed by atoms with Crippen molar-refractivity contribution in [3.63, 3.8) is 0 Å². The molecule has 0 spiro atoms. The Morgan fingerprint density at radius 1 is 1.11 bits per heavy atom. The fourth-order valence-electron chi connectivity index (χ4n) is 2.17. The van der Waals surface area contributed by atoms with Crippen LogP contribution in [0, 0.1) is 0 Å². The van der Waals surface area contributed by atoms with E-state index in [0.717, 1.165) is 11.3 Å². The Bertz CT molecular complexity index is 939. The van der Waals surface area contributed by atoms with Crippen molar-refractivity contribution in [2.24, 2.45) is 0 Å². The van der Waals surface area contributed by atoms with Gasteiger partial charge in [-0.25, -0.2) is 9.78 Å². The molecule has 2 aromatic carbocycles. The van der Waals surface area contributed by atoms with Gasteiger partial charge in [0.25, 0.3) is 5.91 Å². The Labute approximate surface area is 164 Å². The molecule has 0 unspecified atom stereocenters. The van der Waals surface area contributed by atoms with Gasteiger partial charge >= 0.3 is 5.97 Å². The number of hydrogen-bond acceptors (Lipinski definition) is 6. The van der Waals surface area contributed by atoms with Gasteiger partial charge in [0.05, 0.1) is 7.11 Å². The van der Waals surface area contributed by atoms with Gasteiger partial charge in [0.15, 0.2) is 12.3 Å². The number of benzene rings is 2. The predicted molar refractivity (Wildman–Crippen MR) is 104 cm³/mol. The van der Waals surface area contributed by atoms with Crippen molar-refractivity contribution in [3.8, 4) is 16.3 Å². The highest BCUT2D eigenvalue weighted by Crippen LogP contribution is 2.26. The number of nitrogens with zero attached hydrogens (tertiary/aromatic N) is 1. The lowest BCUT2D eigenvalue weighted by Gasteiger charge is -2.05. The molecule has 0 atom stereocenters. The first-order valence-corrected chi connectivity index (χ1v) is 9.13. The second-order valence-corrected chi connectivity index (χ2v) is 6.69. The van der Waals surface area contributed by atoms with Crippen LogP contribution in [0.3, 0.4) is 0 Å². The Kier molecular flexibility index (Phi) is 6.05. The Balaban J connectivity index is 1.55. The minimum atomic E-state index is -0.655. The molecular weight excluding hydrogens is 388 g/mol. The number of carbonyl (C=O) groups is 2. The third-order valence-electron chi connectivity index (χ3n) is 3.51. The van der Waals surface area contributed by atoms with Crippen LogP contribution in [0.15, 0.2) is 53.9 Å². The molecule has 27 heavy (non-hydrogen) atoms. The number of rotatable bonds is 6. The van der Waals surface area contributed by atoms with E-state index in [-0.39, 0.29) is 5.69 Å². The van der Waals surface area contributed by atoms with Crippen molar-refractivity contribution in [3.05, 3.63) is 64.6 Å². The molecule has 0 aliphatic heterocycles. The van der Waals surface area contributed by atoms with Gasteiger partial charge in [0, 0.05) is 21.7 Å². The molecule has 138 valence electrons. The molecule has 0 bridgehead atoms. The van der Waals surface area contributed by atoms with E-state index in [9.17, 15) is 9.59 Å². The first-order valence-electron chi connectivity index (χ1n) is 7.87. The van der Waals surface area contributed by atoms with Gasteiger partial charge in [0.1, 0.15) is 10.8 Å². The summed E-state index contributed by atoms with van der Waals surface area (Å²) in [5.41, 5.74) is 1.58. The predicted octanol–water partition coefficient (Wildman–Crippen LogP) is 4.27. The zero-order chi connectivity index (χ0) is 19.2. The molecule has 1 N–H and O–H groups in total. The largest absolute Gasteiger partial charge is 0.497 e. The smallest absolute Gasteiger partial charge is 0.358 e. The highest BCUT2D eigenvalue weighted by Gasteiger charge is 2.15. The molecule has 6 nitrogen and oxygen atoms in total. The average Bonchev–Trinajstić information content (AvgIpc) is 3.18. The molecule has 0 aliphatic rings. The highest BCUT2D eigenvalue weighted by atomic mass is 35.5. The molecule has 0 aliphatic carbocycles. The molecule has 1 heterocycles. The lowest BCUT2D eigenvalue weighted by Crippen LogP contribution is -2.21. The third kappa shape index (κ3) is 5.06. The quantitative estimate of drug-likeness (QED) is 0.623. The number of thiazole rings is 1. The second kappa shape index (κ2) is 8.66. The minimum Gasteiger partial charge on any atom is -0.497 e. The van der Waals surface area contributed by atoms with Gasteiger partial charge in [0.2, 0.25) is 0 Å². The Morgan fingerprint density at radius 3 is 2.48 bits per heavy atom. The number of anilines is 1. The molecule has 0 saturated heterocycles. The summed E-state index contributed by atoms with van der Waals surface area (Å²) >= 11 is 7.10. The lowest BCUT2D eigenvalue weighted by molar-refractivity contribution is -0.119. The van der Waals surface area contributed by atoms with Crippen molar-refractivity contribution >= 4 is 40.5 Å². The van der Waals surface area contributed by atoms with Crippen LogP contribution in [-0.2, 0) is 9.53 Å². The van der Waals surface area contributed by atoms with Crippen LogP contribution in [0.1, 0.15) is 10.5 Å². The monoisotopic (exact) mass is 402 g/mol. The van der Waals surface area contributed by atoms with Crippen LogP contribution in [0.4, 0.5) is 5.69 Å². The molecule has 8 heteroatoms. The highest BCUT2D eigenvalue weighted by molar-refractivity contribution is 7.13. The van der Waals surface area contributed by atoms with Crippen molar-refractivity contribution in [1.82, 2.24) is 4.98 Å². The number of aromatic nitrogens is 1. The second-order valence-electron chi connectivity index (χ2n) is 5.40. The lowest BCUT2D eigenvalue weighted by atomic mass is 10.2. The van der Waals surface area contributed by atoms with E-state index in [4.69, 9.17) is 21.1 Å². The maximum atomic E-state index is 12.1. The van der Waals surface area contributed by atoms with Crippen LogP contribution in [-0.4, -0.2) is 30.6 Å². The van der Waals surface area contributed by atoms with Crippen LogP contribution < -0.4 is 10.1 Å². The topological polar surface area (TPSA) is 77.5 Å². The maximum absolute atomic E-state index is 12.1. The van der Waals surface area contributed by atoms with Crippen LogP contribution >= 0.6 is 22.9 Å². The summed E-state index contributed by atoms with van der Waals surface area (Å²) < 4.78 is 10.1. The van der Waals surface area contributed by atoms with Crippen molar-refractivity contribution in [1.29, 1.82) is 0 Å². The van der Waals surface area contributed by atoms with E-state index in [0.29, 0.717) is 15.7 Å². The van der Waals surface area contributed by atoms with Crippen molar-refractivity contribution in [2.45, 2.75) is 0 Å². The van der Waals surface area contributed by atoms with E-state index in [2.05, 4.69) is 10.3 Å². The average molecular weight is 403 g/mol. The molecule has 0 saturated carbocycles. The number of methoxy groups -OCH3 is 1. The molecule has 1 amide bonds. The zero-order valence-corrected chi connectivity index (χ0v) is 15.8. The standard InChI is InChI=1S/C19H15ClN2O4S/c1-25-15-8-2-12(3-9-15)18-22-16(11-27-18)19(24)26-10-17(23)21-14-6-4-13(20)5-7-14/h2-9,11H,10H2,1H3,(H,21,23). The van der Waals surface area contributed by atoms with E-state index in [1.165, 1.54) is 11.3 Å². The van der Waals surface area contributed by atoms with Crippen molar-refractivity contribution in [2.75, 3.05) is 19.0 Å². The summed E-state index contributed by atoms with van der Waals surface area (Å²) in [7, 11) is 1.59. The number of ether oxygens (including phenoxy) is 2. The third-order valence-corrected chi connectivity index (χ3v) is 4.66. The Morgan fingerprint density at radius 2 is 1.81 bits per heavy atom. The number of hydrogen-bond donors (Lipinski definition) is 1. The fraction of sp³-hybridized carbons (Fsp3) is 0.105. The number of carbonyl (C=O) groups excluding carboxylic acids is 2. The fourth-order valence-corrected chi connectivity index (χ4v) is 3.09.